The Labute approximate surface area is 87.1 Å². The van der Waals surface area contributed by atoms with E-state index in [1.165, 1.54) is 0 Å². The lowest BCUT2D eigenvalue weighted by Crippen LogP contribution is -2.35. The van der Waals surface area contributed by atoms with Gasteiger partial charge in [-0.25, -0.2) is 8.78 Å². The molecule has 0 heterocycles. The van der Waals surface area contributed by atoms with E-state index in [0.29, 0.717) is 12.8 Å². The van der Waals surface area contributed by atoms with Crippen LogP contribution >= 0.6 is 0 Å². The van der Waals surface area contributed by atoms with Gasteiger partial charge in [0.15, 0.2) is 11.6 Å². The van der Waals surface area contributed by atoms with Crippen LogP contribution in [0.3, 0.4) is 0 Å². The second-order valence-electron chi connectivity index (χ2n) is 4.44. The number of hydrogen-bond acceptors (Lipinski definition) is 1. The summed E-state index contributed by atoms with van der Waals surface area (Å²) in [7, 11) is 0. The van der Waals surface area contributed by atoms with Gasteiger partial charge in [0.05, 0.1) is 5.41 Å². The average molecular weight is 210 g/mol. The van der Waals surface area contributed by atoms with Crippen molar-refractivity contribution in [2.24, 2.45) is 0 Å². The number of carbonyl (C=O) groups excluding carboxylic acids is 1. The summed E-state index contributed by atoms with van der Waals surface area (Å²) >= 11 is 0. The Balaban J connectivity index is 2.72. The summed E-state index contributed by atoms with van der Waals surface area (Å²) in [4.78, 5) is 11.7. The molecule has 0 atom stereocenters. The Bertz CT molecular complexity index is 435. The highest BCUT2D eigenvalue weighted by molar-refractivity contribution is 5.91. The van der Waals surface area contributed by atoms with Crippen LogP contribution in [0.15, 0.2) is 12.1 Å². The van der Waals surface area contributed by atoms with Crippen LogP contribution in [0.5, 0.6) is 0 Å². The highest BCUT2D eigenvalue weighted by Gasteiger charge is 2.38. The molecular formula is C12H12F2O. The predicted octanol–water partition coefficient (Wildman–Crippen LogP) is 2.76. The van der Waals surface area contributed by atoms with Crippen molar-refractivity contribution in [1.82, 2.24) is 0 Å². The van der Waals surface area contributed by atoms with E-state index in [4.69, 9.17) is 0 Å². The van der Waals surface area contributed by atoms with Crippen molar-refractivity contribution in [3.63, 3.8) is 0 Å². The summed E-state index contributed by atoms with van der Waals surface area (Å²) in [6, 6.07) is 2.70. The van der Waals surface area contributed by atoms with E-state index < -0.39 is 17.0 Å². The molecule has 0 radical (unpaired) electrons. The lowest BCUT2D eigenvalue weighted by molar-refractivity contribution is -0.124. The minimum absolute atomic E-state index is 0.0282. The highest BCUT2D eigenvalue weighted by atomic mass is 19.2. The molecule has 0 saturated heterocycles. The molecule has 0 aliphatic heterocycles. The third-order valence-electron chi connectivity index (χ3n) is 3.12. The number of carbonyl (C=O) groups is 1. The summed E-state index contributed by atoms with van der Waals surface area (Å²) in [6.45, 7) is 3.30. The molecule has 1 aromatic rings. The first-order chi connectivity index (χ1) is 6.94. The first-order valence-electron chi connectivity index (χ1n) is 4.95. The summed E-state index contributed by atoms with van der Waals surface area (Å²) in [5.41, 5.74) is 0.0806. The first-order valence-corrected chi connectivity index (χ1v) is 4.95. The first kappa shape index (κ1) is 10.3. The van der Waals surface area contributed by atoms with Crippen LogP contribution in [0.1, 0.15) is 31.4 Å². The van der Waals surface area contributed by atoms with Crippen LogP contribution in [-0.4, -0.2) is 5.78 Å². The van der Waals surface area contributed by atoms with Crippen molar-refractivity contribution in [3.05, 3.63) is 34.9 Å². The van der Waals surface area contributed by atoms with E-state index in [1.54, 1.807) is 19.9 Å². The van der Waals surface area contributed by atoms with E-state index >= 15 is 0 Å². The van der Waals surface area contributed by atoms with Crippen molar-refractivity contribution in [2.75, 3.05) is 0 Å². The van der Waals surface area contributed by atoms with Crippen LogP contribution in [0.2, 0.25) is 0 Å². The van der Waals surface area contributed by atoms with Gasteiger partial charge in [0.2, 0.25) is 0 Å². The van der Waals surface area contributed by atoms with Crippen LogP contribution in [0.4, 0.5) is 8.78 Å². The molecule has 0 saturated carbocycles. The molecule has 0 N–H and O–H groups in total. The number of halogens is 2. The lowest BCUT2D eigenvalue weighted by atomic mass is 9.71. The van der Waals surface area contributed by atoms with Crippen molar-refractivity contribution in [1.29, 1.82) is 0 Å². The normalized spacial score (nSPS) is 18.8. The second kappa shape index (κ2) is 3.12. The fourth-order valence-corrected chi connectivity index (χ4v) is 2.17. The molecule has 0 fully saturated rings. The zero-order valence-electron chi connectivity index (χ0n) is 8.73. The molecule has 0 aromatic heterocycles. The van der Waals surface area contributed by atoms with Crippen molar-refractivity contribution in [2.45, 2.75) is 32.1 Å². The standard InChI is InChI=1S/C12H12F2O/c1-12(2)9(15)6-4-7-3-5-8(13)11(14)10(7)12/h3,5H,4,6H2,1-2H3. The number of fused-ring (bicyclic) bond motifs is 1. The lowest BCUT2D eigenvalue weighted by Gasteiger charge is -2.31. The maximum Gasteiger partial charge on any atom is 0.163 e. The summed E-state index contributed by atoms with van der Waals surface area (Å²) < 4.78 is 26.7. The summed E-state index contributed by atoms with van der Waals surface area (Å²) in [6.07, 6.45) is 0.917. The molecule has 15 heavy (non-hydrogen) atoms. The number of aryl methyl sites for hydroxylation is 1. The monoisotopic (exact) mass is 210 g/mol. The number of ketones is 1. The molecule has 0 unspecified atom stereocenters. The van der Waals surface area contributed by atoms with Gasteiger partial charge in [0, 0.05) is 12.0 Å². The molecule has 0 amide bonds. The number of hydrogen-bond donors (Lipinski definition) is 0. The van der Waals surface area contributed by atoms with E-state index in [1.807, 2.05) is 0 Å². The Morgan fingerprint density at radius 3 is 2.53 bits per heavy atom. The van der Waals surface area contributed by atoms with Gasteiger partial charge >= 0.3 is 0 Å². The number of rotatable bonds is 0. The molecule has 1 aromatic carbocycles. The van der Waals surface area contributed by atoms with Crippen LogP contribution < -0.4 is 0 Å². The second-order valence-corrected chi connectivity index (χ2v) is 4.44. The zero-order chi connectivity index (χ0) is 11.2. The summed E-state index contributed by atoms with van der Waals surface area (Å²) in [5, 5.41) is 0. The topological polar surface area (TPSA) is 17.1 Å². The third-order valence-corrected chi connectivity index (χ3v) is 3.12. The largest absolute Gasteiger partial charge is 0.299 e. The van der Waals surface area contributed by atoms with Gasteiger partial charge in [0.25, 0.3) is 0 Å². The SMILES string of the molecule is CC1(C)C(=O)CCc2ccc(F)c(F)c21. The van der Waals surface area contributed by atoms with Crippen molar-refractivity contribution in [3.8, 4) is 0 Å². The Morgan fingerprint density at radius 1 is 1.20 bits per heavy atom. The van der Waals surface area contributed by atoms with Crippen LogP contribution in [-0.2, 0) is 16.6 Å². The third kappa shape index (κ3) is 1.37. The van der Waals surface area contributed by atoms with Gasteiger partial charge in [-0.15, -0.1) is 0 Å². The van der Waals surface area contributed by atoms with E-state index in [0.717, 1.165) is 11.6 Å². The van der Waals surface area contributed by atoms with Gasteiger partial charge in [-0.2, -0.15) is 0 Å². The molecule has 1 nitrogen and oxygen atoms in total. The van der Waals surface area contributed by atoms with Gasteiger partial charge < -0.3 is 0 Å². The van der Waals surface area contributed by atoms with Crippen LogP contribution in [0, 0.1) is 11.6 Å². The van der Waals surface area contributed by atoms with Gasteiger partial charge in [0.1, 0.15) is 5.78 Å². The van der Waals surface area contributed by atoms with Gasteiger partial charge in [-0.05, 0) is 31.9 Å². The highest BCUT2D eigenvalue weighted by Crippen LogP contribution is 2.36. The van der Waals surface area contributed by atoms with Crippen molar-refractivity contribution >= 4 is 5.78 Å². The maximum absolute atomic E-state index is 13.6. The van der Waals surface area contributed by atoms with Crippen LogP contribution in [0.25, 0.3) is 0 Å². The quantitative estimate of drug-likeness (QED) is 0.643. The molecular weight excluding hydrogens is 198 g/mol. The Kier molecular flexibility index (Phi) is 2.14. The number of benzene rings is 1. The van der Waals surface area contributed by atoms with E-state index in [-0.39, 0.29) is 11.3 Å². The Hall–Kier alpha value is -1.25. The molecule has 0 spiro atoms. The molecule has 1 aliphatic rings. The maximum atomic E-state index is 13.6. The fourth-order valence-electron chi connectivity index (χ4n) is 2.17. The van der Waals surface area contributed by atoms with Gasteiger partial charge in [-0.3, -0.25) is 4.79 Å². The molecule has 1 aliphatic carbocycles. The minimum atomic E-state index is -0.903. The smallest absolute Gasteiger partial charge is 0.163 e. The summed E-state index contributed by atoms with van der Waals surface area (Å²) in [5.74, 6) is -1.78. The molecule has 0 bridgehead atoms. The molecule has 80 valence electrons. The van der Waals surface area contributed by atoms with E-state index in [9.17, 15) is 13.6 Å². The average Bonchev–Trinajstić information content (AvgIpc) is 2.17. The minimum Gasteiger partial charge on any atom is -0.299 e. The molecule has 2 rings (SSSR count). The number of Topliss-reactive ketones (excluding diaryl/α,β-unsaturated/α-hetero) is 1. The Morgan fingerprint density at radius 2 is 1.87 bits per heavy atom. The molecule has 3 heteroatoms. The zero-order valence-corrected chi connectivity index (χ0v) is 8.73. The predicted molar refractivity (Wildman–Crippen MR) is 52.7 cm³/mol. The van der Waals surface area contributed by atoms with E-state index in [2.05, 4.69) is 0 Å². The van der Waals surface area contributed by atoms with Gasteiger partial charge in [-0.1, -0.05) is 6.07 Å². The van der Waals surface area contributed by atoms with Crippen molar-refractivity contribution < 1.29 is 13.6 Å². The fraction of sp³-hybridized carbons (Fsp3) is 0.417.